The third kappa shape index (κ3) is 2.72. The van der Waals surface area contributed by atoms with E-state index in [1.807, 2.05) is 17.3 Å². The molecule has 1 aliphatic rings. The smallest absolute Gasteiger partial charge is 0.185 e. The SMILES string of the molecule is CNCc1csc(N2CCS(=O)(=O)CC2)n1. The molecule has 0 aliphatic carbocycles. The van der Waals surface area contributed by atoms with Gasteiger partial charge >= 0.3 is 0 Å². The summed E-state index contributed by atoms with van der Waals surface area (Å²) in [4.78, 5) is 6.51. The number of aromatic nitrogens is 1. The van der Waals surface area contributed by atoms with E-state index < -0.39 is 9.84 Å². The van der Waals surface area contributed by atoms with Crippen molar-refractivity contribution in [2.24, 2.45) is 0 Å². The molecule has 0 bridgehead atoms. The van der Waals surface area contributed by atoms with Gasteiger partial charge in [0.2, 0.25) is 0 Å². The lowest BCUT2D eigenvalue weighted by atomic mass is 10.5. The van der Waals surface area contributed by atoms with Crippen LogP contribution in [0.5, 0.6) is 0 Å². The molecule has 1 aliphatic heterocycles. The Labute approximate surface area is 99.4 Å². The predicted molar refractivity (Wildman–Crippen MR) is 65.7 cm³/mol. The highest BCUT2D eigenvalue weighted by molar-refractivity contribution is 7.91. The summed E-state index contributed by atoms with van der Waals surface area (Å²) in [6, 6.07) is 0. The molecule has 0 amide bonds. The van der Waals surface area contributed by atoms with Gasteiger partial charge in [0.15, 0.2) is 15.0 Å². The molecule has 1 aromatic rings. The van der Waals surface area contributed by atoms with Gasteiger partial charge in [-0.3, -0.25) is 0 Å². The molecule has 0 unspecified atom stereocenters. The Hall–Kier alpha value is -0.660. The molecule has 0 saturated carbocycles. The van der Waals surface area contributed by atoms with E-state index in [4.69, 9.17) is 0 Å². The predicted octanol–water partition coefficient (Wildman–Crippen LogP) is 0.0973. The Morgan fingerprint density at radius 1 is 1.50 bits per heavy atom. The van der Waals surface area contributed by atoms with E-state index in [1.165, 1.54) is 0 Å². The van der Waals surface area contributed by atoms with E-state index in [1.54, 1.807) is 11.3 Å². The van der Waals surface area contributed by atoms with Crippen LogP contribution >= 0.6 is 11.3 Å². The monoisotopic (exact) mass is 261 g/mol. The highest BCUT2D eigenvalue weighted by atomic mass is 32.2. The Balaban J connectivity index is 2.02. The van der Waals surface area contributed by atoms with Crippen molar-refractivity contribution in [2.45, 2.75) is 6.54 Å². The first kappa shape index (κ1) is 11.8. The number of sulfone groups is 1. The molecule has 1 N–H and O–H groups in total. The molecule has 2 rings (SSSR count). The number of hydrogen-bond donors (Lipinski definition) is 1. The molecular formula is C9H15N3O2S2. The van der Waals surface area contributed by atoms with E-state index in [0.717, 1.165) is 17.4 Å². The van der Waals surface area contributed by atoms with Crippen LogP contribution in [0.15, 0.2) is 5.38 Å². The topological polar surface area (TPSA) is 62.3 Å². The summed E-state index contributed by atoms with van der Waals surface area (Å²) in [5.41, 5.74) is 1.01. The minimum atomic E-state index is -2.80. The summed E-state index contributed by atoms with van der Waals surface area (Å²) in [6.07, 6.45) is 0. The average molecular weight is 261 g/mol. The number of thiazole rings is 1. The Bertz CT molecular complexity index is 441. The Kier molecular flexibility index (Phi) is 3.46. The molecular weight excluding hydrogens is 246 g/mol. The minimum absolute atomic E-state index is 0.244. The zero-order chi connectivity index (χ0) is 11.6. The van der Waals surface area contributed by atoms with Gasteiger partial charge in [-0.15, -0.1) is 11.3 Å². The fourth-order valence-electron chi connectivity index (χ4n) is 1.61. The first-order valence-electron chi connectivity index (χ1n) is 5.15. The van der Waals surface area contributed by atoms with Crippen LogP contribution in [0.4, 0.5) is 5.13 Å². The third-order valence-electron chi connectivity index (χ3n) is 2.51. The summed E-state index contributed by atoms with van der Waals surface area (Å²) >= 11 is 1.58. The van der Waals surface area contributed by atoms with E-state index in [2.05, 4.69) is 10.3 Å². The zero-order valence-corrected chi connectivity index (χ0v) is 10.8. The van der Waals surface area contributed by atoms with Crippen molar-refractivity contribution in [3.05, 3.63) is 11.1 Å². The summed E-state index contributed by atoms with van der Waals surface area (Å²) in [7, 11) is -0.923. The Morgan fingerprint density at radius 2 is 2.19 bits per heavy atom. The average Bonchev–Trinajstić information content (AvgIpc) is 2.67. The van der Waals surface area contributed by atoms with Gasteiger partial charge in [0.25, 0.3) is 0 Å². The van der Waals surface area contributed by atoms with E-state index in [0.29, 0.717) is 13.1 Å². The number of anilines is 1. The van der Waals surface area contributed by atoms with E-state index >= 15 is 0 Å². The maximum Gasteiger partial charge on any atom is 0.185 e. The highest BCUT2D eigenvalue weighted by Crippen LogP contribution is 2.22. The van der Waals surface area contributed by atoms with Crippen molar-refractivity contribution in [3.63, 3.8) is 0 Å². The second-order valence-corrected chi connectivity index (χ2v) is 6.93. The number of nitrogens with one attached hydrogen (secondary N) is 1. The lowest BCUT2D eigenvalue weighted by molar-refractivity contribution is 0.586. The van der Waals surface area contributed by atoms with Crippen LogP contribution in [0.25, 0.3) is 0 Å². The zero-order valence-electron chi connectivity index (χ0n) is 9.14. The molecule has 0 aromatic carbocycles. The van der Waals surface area contributed by atoms with Crippen LogP contribution in [0.1, 0.15) is 5.69 Å². The van der Waals surface area contributed by atoms with E-state index in [9.17, 15) is 8.42 Å². The summed E-state index contributed by atoms with van der Waals surface area (Å²) in [5, 5.41) is 5.98. The molecule has 90 valence electrons. The molecule has 0 atom stereocenters. The lowest BCUT2D eigenvalue weighted by Crippen LogP contribution is -2.40. The molecule has 1 aromatic heterocycles. The fraction of sp³-hybridized carbons (Fsp3) is 0.667. The molecule has 0 spiro atoms. The number of hydrogen-bond acceptors (Lipinski definition) is 6. The van der Waals surface area contributed by atoms with Gasteiger partial charge < -0.3 is 10.2 Å². The minimum Gasteiger partial charge on any atom is -0.346 e. The van der Waals surface area contributed by atoms with Crippen LogP contribution in [0.3, 0.4) is 0 Å². The second-order valence-electron chi connectivity index (χ2n) is 3.79. The highest BCUT2D eigenvalue weighted by Gasteiger charge is 2.23. The molecule has 5 nitrogen and oxygen atoms in total. The van der Waals surface area contributed by atoms with Crippen LogP contribution in [-0.2, 0) is 16.4 Å². The van der Waals surface area contributed by atoms with Crippen molar-refractivity contribution >= 4 is 26.3 Å². The molecule has 1 fully saturated rings. The van der Waals surface area contributed by atoms with Crippen molar-refractivity contribution in [3.8, 4) is 0 Å². The molecule has 1 saturated heterocycles. The first-order chi connectivity index (χ1) is 7.61. The number of rotatable bonds is 3. The fourth-order valence-corrected chi connectivity index (χ4v) is 3.69. The third-order valence-corrected chi connectivity index (χ3v) is 5.07. The van der Waals surface area contributed by atoms with Crippen LogP contribution in [-0.4, -0.2) is 45.0 Å². The van der Waals surface area contributed by atoms with Gasteiger partial charge in [-0.1, -0.05) is 0 Å². The van der Waals surface area contributed by atoms with Gasteiger partial charge in [0.1, 0.15) is 0 Å². The first-order valence-corrected chi connectivity index (χ1v) is 7.85. The van der Waals surface area contributed by atoms with Gasteiger partial charge in [-0.05, 0) is 7.05 Å². The largest absolute Gasteiger partial charge is 0.346 e. The standard InChI is InChI=1S/C9H15N3O2S2/c1-10-6-8-7-15-9(11-8)12-2-4-16(13,14)5-3-12/h7,10H,2-6H2,1H3. The van der Waals surface area contributed by atoms with Gasteiger partial charge in [0, 0.05) is 25.0 Å². The maximum absolute atomic E-state index is 11.3. The van der Waals surface area contributed by atoms with Gasteiger partial charge in [-0.25, -0.2) is 13.4 Å². The normalized spacial score (nSPS) is 19.9. The second kappa shape index (κ2) is 4.68. The van der Waals surface area contributed by atoms with Crippen LogP contribution in [0, 0.1) is 0 Å². The number of nitrogens with zero attached hydrogens (tertiary/aromatic N) is 2. The summed E-state index contributed by atoms with van der Waals surface area (Å²) in [5.74, 6) is 0.488. The summed E-state index contributed by atoms with van der Waals surface area (Å²) in [6.45, 7) is 1.88. The molecule has 7 heteroatoms. The molecule has 2 heterocycles. The van der Waals surface area contributed by atoms with Crippen molar-refractivity contribution in [1.82, 2.24) is 10.3 Å². The van der Waals surface area contributed by atoms with Gasteiger partial charge in [0.05, 0.1) is 17.2 Å². The van der Waals surface area contributed by atoms with E-state index in [-0.39, 0.29) is 11.5 Å². The molecule has 0 radical (unpaired) electrons. The Morgan fingerprint density at radius 3 is 2.81 bits per heavy atom. The van der Waals surface area contributed by atoms with Crippen molar-refractivity contribution < 1.29 is 8.42 Å². The quantitative estimate of drug-likeness (QED) is 0.836. The lowest BCUT2D eigenvalue weighted by Gasteiger charge is -2.25. The van der Waals surface area contributed by atoms with Crippen LogP contribution < -0.4 is 10.2 Å². The van der Waals surface area contributed by atoms with Gasteiger partial charge in [-0.2, -0.15) is 0 Å². The maximum atomic E-state index is 11.3. The van der Waals surface area contributed by atoms with Crippen molar-refractivity contribution in [2.75, 3.05) is 36.5 Å². The molecule has 16 heavy (non-hydrogen) atoms. The van der Waals surface area contributed by atoms with Crippen LogP contribution in [0.2, 0.25) is 0 Å². The van der Waals surface area contributed by atoms with Crippen molar-refractivity contribution in [1.29, 1.82) is 0 Å². The summed E-state index contributed by atoms with van der Waals surface area (Å²) < 4.78 is 22.6.